The van der Waals surface area contributed by atoms with Gasteiger partial charge in [0, 0.05) is 18.6 Å². The number of carbonyl (C=O) groups excluding carboxylic acids is 1. The summed E-state index contributed by atoms with van der Waals surface area (Å²) < 4.78 is 34.7. The van der Waals surface area contributed by atoms with Gasteiger partial charge in [0.05, 0.1) is 17.5 Å². The summed E-state index contributed by atoms with van der Waals surface area (Å²) in [4.78, 5) is 18.1. The smallest absolute Gasteiger partial charge is 0.334 e. The van der Waals surface area contributed by atoms with E-state index in [1.54, 1.807) is 36.3 Å². The topological polar surface area (TPSA) is 70.2 Å². The Bertz CT molecular complexity index is 1410. The Balaban J connectivity index is 1.52. The molecule has 0 unspecified atom stereocenters. The van der Waals surface area contributed by atoms with Crippen LogP contribution in [0.1, 0.15) is 42.4 Å². The molecule has 206 valence electrons. The molecular formula is C31H37N3O4S. The largest absolute Gasteiger partial charge is 0.497 e. The fraction of sp³-hybridized carbons (Fsp3) is 0.387. The number of aryl methyl sites for hydroxylation is 1. The van der Waals surface area contributed by atoms with Crippen LogP contribution in [0, 0.1) is 6.92 Å². The van der Waals surface area contributed by atoms with Gasteiger partial charge in [-0.25, -0.2) is 17.5 Å². The molecule has 3 aromatic rings. The van der Waals surface area contributed by atoms with E-state index in [1.807, 2.05) is 37.3 Å². The maximum atomic E-state index is 14.1. The van der Waals surface area contributed by atoms with Crippen LogP contribution in [0.25, 0.3) is 0 Å². The van der Waals surface area contributed by atoms with Crippen molar-refractivity contribution in [3.63, 3.8) is 0 Å². The van der Waals surface area contributed by atoms with Gasteiger partial charge in [0.25, 0.3) is 10.0 Å². The normalized spacial score (nSPS) is 23.6. The highest BCUT2D eigenvalue weighted by Crippen LogP contribution is 2.50. The zero-order valence-electron chi connectivity index (χ0n) is 23.1. The van der Waals surface area contributed by atoms with E-state index in [-0.39, 0.29) is 10.4 Å². The fourth-order valence-corrected chi connectivity index (χ4v) is 8.06. The first kappa shape index (κ1) is 27.2. The Morgan fingerprint density at radius 1 is 0.872 bits per heavy atom. The zero-order valence-corrected chi connectivity index (χ0v) is 23.9. The number of benzene rings is 3. The molecule has 0 bridgehead atoms. The van der Waals surface area contributed by atoms with E-state index in [0.717, 1.165) is 29.7 Å². The SMILES string of the molecule is COc1ccc(CN2C[C@]3(CC[C@](c4ccccc4)(N(C)C)CC3)N(S(=O)(=O)c3ccc(C)cc3)C2=O)cc1. The third-order valence-corrected chi connectivity index (χ3v) is 10.5. The predicted molar refractivity (Wildman–Crippen MR) is 152 cm³/mol. The number of nitrogens with zero attached hydrogens (tertiary/aromatic N) is 3. The number of carbonyl (C=O) groups is 1. The summed E-state index contributed by atoms with van der Waals surface area (Å²) in [6, 6.07) is 24.3. The molecule has 5 rings (SSSR count). The second-order valence-electron chi connectivity index (χ2n) is 11.1. The molecule has 0 radical (unpaired) electrons. The van der Waals surface area contributed by atoms with Gasteiger partial charge in [-0.05, 0) is 82.1 Å². The van der Waals surface area contributed by atoms with E-state index in [1.165, 1.54) is 9.87 Å². The lowest BCUT2D eigenvalue weighted by Gasteiger charge is -2.50. The van der Waals surface area contributed by atoms with Crippen LogP contribution in [0.4, 0.5) is 4.79 Å². The van der Waals surface area contributed by atoms with E-state index in [0.29, 0.717) is 25.9 Å². The molecule has 3 aromatic carbocycles. The Kier molecular flexibility index (Phi) is 7.20. The summed E-state index contributed by atoms with van der Waals surface area (Å²) in [7, 11) is 1.72. The van der Waals surface area contributed by atoms with Crippen LogP contribution in [0.15, 0.2) is 83.8 Å². The molecule has 39 heavy (non-hydrogen) atoms. The molecule has 1 aliphatic heterocycles. The van der Waals surface area contributed by atoms with E-state index in [4.69, 9.17) is 4.74 Å². The second kappa shape index (κ2) is 10.3. The third kappa shape index (κ3) is 4.80. The Hall–Kier alpha value is -3.36. The van der Waals surface area contributed by atoms with Gasteiger partial charge in [0.1, 0.15) is 5.75 Å². The molecule has 0 aromatic heterocycles. The summed E-state index contributed by atoms with van der Waals surface area (Å²) in [5.74, 6) is 0.736. The van der Waals surface area contributed by atoms with Crippen LogP contribution in [0.3, 0.4) is 0 Å². The van der Waals surface area contributed by atoms with Crippen LogP contribution in [-0.4, -0.2) is 61.8 Å². The minimum atomic E-state index is -4.06. The first-order valence-electron chi connectivity index (χ1n) is 13.4. The molecule has 2 amide bonds. The first-order valence-corrected chi connectivity index (χ1v) is 14.8. The lowest BCUT2D eigenvalue weighted by molar-refractivity contribution is 0.0447. The molecule has 8 heteroatoms. The van der Waals surface area contributed by atoms with Crippen molar-refractivity contribution in [2.75, 3.05) is 27.7 Å². The molecule has 1 saturated carbocycles. The standard InChI is InChI=1S/C31H37N3O4S/c1-24-10-16-28(17-11-24)39(36,37)34-29(35)33(22-25-12-14-27(38-4)15-13-25)23-30(34)18-20-31(21-19-30,32(2)3)26-8-6-5-7-9-26/h5-17H,18-23H2,1-4H3/t30-,31+. The average molecular weight is 548 g/mol. The minimum Gasteiger partial charge on any atom is -0.497 e. The van der Waals surface area contributed by atoms with Crippen molar-refractivity contribution in [2.45, 2.75) is 55.1 Å². The number of hydrogen-bond acceptors (Lipinski definition) is 5. The lowest BCUT2D eigenvalue weighted by Crippen LogP contribution is -2.56. The molecule has 1 spiro atoms. The monoisotopic (exact) mass is 547 g/mol. The number of urea groups is 1. The van der Waals surface area contributed by atoms with E-state index < -0.39 is 21.6 Å². The van der Waals surface area contributed by atoms with E-state index >= 15 is 0 Å². The van der Waals surface area contributed by atoms with Crippen LogP contribution in [-0.2, 0) is 22.1 Å². The van der Waals surface area contributed by atoms with Crippen molar-refractivity contribution in [3.8, 4) is 5.75 Å². The summed E-state index contributed by atoms with van der Waals surface area (Å²) in [5.41, 5.74) is 2.07. The van der Waals surface area contributed by atoms with Gasteiger partial charge < -0.3 is 9.64 Å². The summed E-state index contributed by atoms with van der Waals surface area (Å²) in [6.07, 6.45) is 2.65. The van der Waals surface area contributed by atoms with Gasteiger partial charge in [-0.2, -0.15) is 0 Å². The van der Waals surface area contributed by atoms with Crippen molar-refractivity contribution in [1.82, 2.24) is 14.1 Å². The highest BCUT2D eigenvalue weighted by atomic mass is 32.2. The molecule has 1 saturated heterocycles. The van der Waals surface area contributed by atoms with Gasteiger partial charge in [-0.3, -0.25) is 4.90 Å². The van der Waals surface area contributed by atoms with Crippen molar-refractivity contribution in [2.24, 2.45) is 0 Å². The van der Waals surface area contributed by atoms with Crippen LogP contribution >= 0.6 is 0 Å². The van der Waals surface area contributed by atoms with Crippen molar-refractivity contribution < 1.29 is 17.9 Å². The number of rotatable bonds is 7. The second-order valence-corrected chi connectivity index (χ2v) is 12.9. The van der Waals surface area contributed by atoms with Crippen molar-refractivity contribution in [3.05, 3.63) is 95.6 Å². The number of hydrogen-bond donors (Lipinski definition) is 0. The van der Waals surface area contributed by atoms with Gasteiger partial charge in [0.15, 0.2) is 0 Å². The maximum absolute atomic E-state index is 14.1. The molecule has 1 heterocycles. The first-order chi connectivity index (χ1) is 18.6. The van der Waals surface area contributed by atoms with Crippen LogP contribution in [0.5, 0.6) is 5.75 Å². The highest BCUT2D eigenvalue weighted by molar-refractivity contribution is 7.89. The molecule has 2 fully saturated rings. The Morgan fingerprint density at radius 2 is 1.49 bits per heavy atom. The third-order valence-electron chi connectivity index (χ3n) is 8.63. The highest BCUT2D eigenvalue weighted by Gasteiger charge is 2.58. The van der Waals surface area contributed by atoms with Crippen molar-refractivity contribution in [1.29, 1.82) is 0 Å². The molecule has 0 atom stereocenters. The Labute approximate surface area is 232 Å². The van der Waals surface area contributed by atoms with Crippen molar-refractivity contribution >= 4 is 16.1 Å². The molecule has 1 aliphatic carbocycles. The molecule has 0 N–H and O–H groups in total. The van der Waals surface area contributed by atoms with Gasteiger partial charge in [-0.1, -0.05) is 60.2 Å². The predicted octanol–water partition coefficient (Wildman–Crippen LogP) is 5.40. The fourth-order valence-electron chi connectivity index (χ4n) is 6.30. The zero-order chi connectivity index (χ0) is 27.8. The molecule has 7 nitrogen and oxygen atoms in total. The number of amides is 2. The summed E-state index contributed by atoms with van der Waals surface area (Å²) in [6.45, 7) is 2.62. The minimum absolute atomic E-state index is 0.152. The lowest BCUT2D eigenvalue weighted by atomic mass is 9.69. The Morgan fingerprint density at radius 3 is 2.05 bits per heavy atom. The number of ether oxygens (including phenoxy) is 1. The average Bonchev–Trinajstić information content (AvgIpc) is 3.21. The summed E-state index contributed by atoms with van der Waals surface area (Å²) >= 11 is 0. The van der Waals surface area contributed by atoms with E-state index in [9.17, 15) is 13.2 Å². The number of methoxy groups -OCH3 is 1. The van der Waals surface area contributed by atoms with Crippen LogP contribution < -0.4 is 4.74 Å². The van der Waals surface area contributed by atoms with Gasteiger partial charge in [-0.15, -0.1) is 0 Å². The van der Waals surface area contributed by atoms with Gasteiger partial charge in [0.2, 0.25) is 0 Å². The van der Waals surface area contributed by atoms with Gasteiger partial charge >= 0.3 is 6.03 Å². The molecule has 2 aliphatic rings. The quantitative estimate of drug-likeness (QED) is 0.396. The van der Waals surface area contributed by atoms with Crippen LogP contribution in [0.2, 0.25) is 0 Å². The van der Waals surface area contributed by atoms with E-state index in [2.05, 4.69) is 43.3 Å². The number of sulfonamides is 1. The maximum Gasteiger partial charge on any atom is 0.334 e. The molecular weight excluding hydrogens is 510 g/mol. The summed E-state index contributed by atoms with van der Waals surface area (Å²) in [5, 5.41) is 0.